The highest BCUT2D eigenvalue weighted by molar-refractivity contribution is 4.95. The van der Waals surface area contributed by atoms with Gasteiger partial charge in [0.05, 0.1) is 6.61 Å². The summed E-state index contributed by atoms with van der Waals surface area (Å²) in [5, 5.41) is 0. The highest BCUT2D eigenvalue weighted by atomic mass is 19.3. The zero-order valence-corrected chi connectivity index (χ0v) is 9.56. The van der Waals surface area contributed by atoms with E-state index in [9.17, 15) is 8.78 Å². The van der Waals surface area contributed by atoms with Crippen LogP contribution in [0.3, 0.4) is 0 Å². The number of rotatable bonds is 7. The van der Waals surface area contributed by atoms with Crippen LogP contribution in [0.25, 0.3) is 0 Å². The Morgan fingerprint density at radius 2 is 2.07 bits per heavy atom. The third-order valence-corrected chi connectivity index (χ3v) is 2.90. The summed E-state index contributed by atoms with van der Waals surface area (Å²) in [6, 6.07) is 0. The molecule has 1 aliphatic carbocycles. The Labute approximate surface area is 90.5 Å². The van der Waals surface area contributed by atoms with Crippen LogP contribution in [0.2, 0.25) is 0 Å². The highest BCUT2D eigenvalue weighted by Gasteiger charge is 2.41. The maximum Gasteiger partial charge on any atom is 0.263 e. The van der Waals surface area contributed by atoms with Crippen LogP contribution in [0.1, 0.15) is 39.0 Å². The Balaban J connectivity index is 2.09. The summed E-state index contributed by atoms with van der Waals surface area (Å²) in [5.74, 6) is -2.66. The second-order valence-corrected chi connectivity index (χ2v) is 4.68. The molecule has 0 N–H and O–H groups in total. The van der Waals surface area contributed by atoms with Gasteiger partial charge in [0.25, 0.3) is 5.92 Å². The van der Waals surface area contributed by atoms with E-state index in [0.717, 1.165) is 38.9 Å². The van der Waals surface area contributed by atoms with Gasteiger partial charge in [-0.1, -0.05) is 6.08 Å². The second kappa shape index (κ2) is 5.06. The molecular formula is C12H20F2O. The van der Waals surface area contributed by atoms with E-state index in [1.54, 1.807) is 13.2 Å². The van der Waals surface area contributed by atoms with E-state index in [1.807, 2.05) is 0 Å². The Morgan fingerprint density at radius 1 is 1.40 bits per heavy atom. The van der Waals surface area contributed by atoms with Gasteiger partial charge in [0.2, 0.25) is 0 Å². The summed E-state index contributed by atoms with van der Waals surface area (Å²) in [6.45, 7) is 1.73. The molecule has 1 rings (SSSR count). The van der Waals surface area contributed by atoms with E-state index in [2.05, 4.69) is 0 Å². The van der Waals surface area contributed by atoms with Crippen LogP contribution in [0.4, 0.5) is 8.78 Å². The summed E-state index contributed by atoms with van der Waals surface area (Å²) >= 11 is 0. The van der Waals surface area contributed by atoms with E-state index < -0.39 is 5.92 Å². The van der Waals surface area contributed by atoms with Gasteiger partial charge in [-0.2, -0.15) is 0 Å². The van der Waals surface area contributed by atoms with Gasteiger partial charge in [-0.05, 0) is 43.6 Å². The van der Waals surface area contributed by atoms with Crippen molar-refractivity contribution in [1.29, 1.82) is 0 Å². The fraction of sp³-hybridized carbons (Fsp3) is 0.833. The van der Waals surface area contributed by atoms with Crippen LogP contribution in [0.5, 0.6) is 0 Å². The summed E-state index contributed by atoms with van der Waals surface area (Å²) in [7, 11) is 1.72. The van der Waals surface area contributed by atoms with Crippen LogP contribution in [-0.2, 0) is 4.74 Å². The molecule has 3 heteroatoms. The molecule has 0 atom stereocenters. The van der Waals surface area contributed by atoms with Crippen molar-refractivity contribution >= 4 is 0 Å². The predicted molar refractivity (Wildman–Crippen MR) is 57.2 cm³/mol. The number of hydrogen-bond donors (Lipinski definition) is 0. The van der Waals surface area contributed by atoms with Crippen LogP contribution >= 0.6 is 0 Å². The number of alkyl halides is 2. The van der Waals surface area contributed by atoms with E-state index in [0.29, 0.717) is 5.41 Å². The molecule has 0 spiro atoms. The third-order valence-electron chi connectivity index (χ3n) is 2.90. The van der Waals surface area contributed by atoms with Crippen molar-refractivity contribution in [3.8, 4) is 0 Å². The van der Waals surface area contributed by atoms with Gasteiger partial charge in [-0.3, -0.25) is 0 Å². The van der Waals surface area contributed by atoms with Crippen LogP contribution in [0.15, 0.2) is 12.2 Å². The topological polar surface area (TPSA) is 9.23 Å². The molecular weight excluding hydrogens is 198 g/mol. The minimum Gasteiger partial charge on any atom is -0.384 e. The Bertz CT molecular complexity index is 214. The van der Waals surface area contributed by atoms with E-state index in [1.165, 1.54) is 12.8 Å². The first-order valence-corrected chi connectivity index (χ1v) is 5.52. The Kier molecular flexibility index (Phi) is 4.26. The molecule has 88 valence electrons. The molecule has 0 heterocycles. The van der Waals surface area contributed by atoms with Crippen molar-refractivity contribution in [2.75, 3.05) is 13.7 Å². The average molecular weight is 218 g/mol. The second-order valence-electron chi connectivity index (χ2n) is 4.68. The first-order chi connectivity index (χ1) is 6.97. The molecule has 0 unspecified atom stereocenters. The number of methoxy groups -OCH3 is 1. The Morgan fingerprint density at radius 3 is 2.53 bits per heavy atom. The van der Waals surface area contributed by atoms with Gasteiger partial charge in [-0.25, -0.2) is 8.78 Å². The normalized spacial score (nSPS) is 19.7. The molecule has 0 aromatic heterocycles. The highest BCUT2D eigenvalue weighted by Crippen LogP contribution is 2.49. The molecule has 0 radical (unpaired) electrons. The van der Waals surface area contributed by atoms with Gasteiger partial charge >= 0.3 is 0 Å². The van der Waals surface area contributed by atoms with Gasteiger partial charge in [0, 0.05) is 14.0 Å². The number of allylic oxidation sites excluding steroid dienone is 2. The minimum atomic E-state index is -2.66. The summed E-state index contributed by atoms with van der Waals surface area (Å²) in [5.41, 5.74) is 0.386. The minimum absolute atomic E-state index is 0.386. The van der Waals surface area contributed by atoms with Crippen molar-refractivity contribution in [3.63, 3.8) is 0 Å². The lowest BCUT2D eigenvalue weighted by atomic mass is 10.00. The lowest BCUT2D eigenvalue weighted by Gasteiger charge is -2.12. The largest absolute Gasteiger partial charge is 0.384 e. The fourth-order valence-electron chi connectivity index (χ4n) is 1.83. The number of ether oxygens (including phenoxy) is 1. The molecule has 15 heavy (non-hydrogen) atoms. The maximum absolute atomic E-state index is 12.4. The van der Waals surface area contributed by atoms with Gasteiger partial charge in [0.15, 0.2) is 0 Å². The summed E-state index contributed by atoms with van der Waals surface area (Å²) in [6.07, 6.45) is 7.86. The van der Waals surface area contributed by atoms with Gasteiger partial charge in [0.1, 0.15) is 0 Å². The van der Waals surface area contributed by atoms with Crippen molar-refractivity contribution in [3.05, 3.63) is 12.2 Å². The molecule has 0 aliphatic heterocycles. The van der Waals surface area contributed by atoms with Crippen molar-refractivity contribution in [2.45, 2.75) is 45.0 Å². The zero-order valence-electron chi connectivity index (χ0n) is 9.56. The molecule has 1 fully saturated rings. The van der Waals surface area contributed by atoms with Gasteiger partial charge in [-0.15, -0.1) is 0 Å². The standard InChI is InChI=1S/C12H20F2O/c1-11(13,14)6-4-3-5-7-12(8-9-12)10-15-2/h4,6H,3,5,7-10H2,1-2H3/b6-4+. The molecule has 0 saturated heterocycles. The number of halogens is 2. The van der Waals surface area contributed by atoms with Crippen molar-refractivity contribution in [2.24, 2.45) is 5.41 Å². The Hall–Kier alpha value is -0.440. The van der Waals surface area contributed by atoms with E-state index >= 15 is 0 Å². The zero-order chi connectivity index (χ0) is 11.4. The average Bonchev–Trinajstić information content (AvgIpc) is 2.83. The number of hydrogen-bond acceptors (Lipinski definition) is 1. The smallest absolute Gasteiger partial charge is 0.263 e. The lowest BCUT2D eigenvalue weighted by Crippen LogP contribution is -2.08. The van der Waals surface area contributed by atoms with Crippen LogP contribution in [0, 0.1) is 5.41 Å². The molecule has 1 aliphatic rings. The fourth-order valence-corrected chi connectivity index (χ4v) is 1.83. The van der Waals surface area contributed by atoms with E-state index in [4.69, 9.17) is 4.74 Å². The quantitative estimate of drug-likeness (QED) is 0.466. The molecule has 1 nitrogen and oxygen atoms in total. The first kappa shape index (κ1) is 12.6. The molecule has 0 aromatic carbocycles. The van der Waals surface area contributed by atoms with Crippen LogP contribution in [-0.4, -0.2) is 19.6 Å². The van der Waals surface area contributed by atoms with Crippen LogP contribution < -0.4 is 0 Å². The third kappa shape index (κ3) is 5.26. The van der Waals surface area contributed by atoms with Gasteiger partial charge < -0.3 is 4.74 Å². The monoisotopic (exact) mass is 218 g/mol. The van der Waals surface area contributed by atoms with Crippen molar-refractivity contribution < 1.29 is 13.5 Å². The first-order valence-electron chi connectivity index (χ1n) is 5.52. The van der Waals surface area contributed by atoms with E-state index in [-0.39, 0.29) is 0 Å². The molecule has 0 bridgehead atoms. The lowest BCUT2D eigenvalue weighted by molar-refractivity contribution is 0.0771. The molecule has 0 aromatic rings. The van der Waals surface area contributed by atoms with Crippen molar-refractivity contribution in [1.82, 2.24) is 0 Å². The molecule has 0 amide bonds. The number of unbranched alkanes of at least 4 members (excludes halogenated alkanes) is 1. The SMILES string of the molecule is COCC1(CCC/C=C/C(C)(F)F)CC1. The molecule has 1 saturated carbocycles. The maximum atomic E-state index is 12.4. The summed E-state index contributed by atoms with van der Waals surface area (Å²) < 4.78 is 30.0. The summed E-state index contributed by atoms with van der Waals surface area (Å²) in [4.78, 5) is 0. The predicted octanol–water partition coefficient (Wildman–Crippen LogP) is 3.79.